The van der Waals surface area contributed by atoms with Crippen molar-refractivity contribution in [1.82, 2.24) is 40.4 Å². The fourth-order valence-corrected chi connectivity index (χ4v) is 10.3. The van der Waals surface area contributed by atoms with Gasteiger partial charge in [-0.2, -0.15) is 8.78 Å². The van der Waals surface area contributed by atoms with Crippen LogP contribution in [0.2, 0.25) is 0 Å². The van der Waals surface area contributed by atoms with Crippen LogP contribution in [-0.2, 0) is 25.0 Å². The zero-order valence-corrected chi connectivity index (χ0v) is 36.1. The zero-order chi connectivity index (χ0) is 44.5. The van der Waals surface area contributed by atoms with Gasteiger partial charge in [0.15, 0.2) is 0 Å². The van der Waals surface area contributed by atoms with Gasteiger partial charge in [-0.1, -0.05) is 58.0 Å². The van der Waals surface area contributed by atoms with Crippen molar-refractivity contribution in [3.8, 4) is 33.5 Å². The number of amides is 4. The maximum absolute atomic E-state index is 16.6. The van der Waals surface area contributed by atoms with E-state index in [2.05, 4.69) is 25.6 Å². The molecule has 3 aromatic carbocycles. The number of ether oxygens (including phenoxy) is 2. The molecule has 2 unspecified atom stereocenters. The number of imidazole rings is 2. The minimum absolute atomic E-state index is 0.0456. The monoisotopic (exact) mass is 862 g/mol. The molecule has 4 heterocycles. The first kappa shape index (κ1) is 42.0. The summed E-state index contributed by atoms with van der Waals surface area (Å²) in [6, 6.07) is 13.7. The second kappa shape index (κ2) is 16.1. The van der Waals surface area contributed by atoms with Crippen molar-refractivity contribution in [3.63, 3.8) is 0 Å². The van der Waals surface area contributed by atoms with Crippen molar-refractivity contribution in [2.45, 2.75) is 95.9 Å². The summed E-state index contributed by atoms with van der Waals surface area (Å²) in [5.41, 5.74) is 4.62. The summed E-state index contributed by atoms with van der Waals surface area (Å²) in [5.74, 6) is -2.59. The highest BCUT2D eigenvalue weighted by Crippen LogP contribution is 2.53. The van der Waals surface area contributed by atoms with E-state index in [-0.39, 0.29) is 58.8 Å². The molecule has 2 aromatic heterocycles. The molecule has 14 nitrogen and oxygen atoms in total. The second-order valence-electron chi connectivity index (χ2n) is 18.0. The first-order valence-corrected chi connectivity index (χ1v) is 21.7. The highest BCUT2D eigenvalue weighted by molar-refractivity contribution is 5.89. The van der Waals surface area contributed by atoms with Crippen molar-refractivity contribution in [1.29, 1.82) is 0 Å². The molecule has 5 aromatic rings. The van der Waals surface area contributed by atoms with Gasteiger partial charge in [0.2, 0.25) is 11.8 Å². The number of hydrogen-bond donors (Lipinski definition) is 4. The number of carbonyl (C=O) groups excluding carboxylic acids is 4. The number of benzene rings is 3. The van der Waals surface area contributed by atoms with Crippen LogP contribution in [0.1, 0.15) is 94.7 Å². The van der Waals surface area contributed by atoms with Crippen molar-refractivity contribution in [2.75, 3.05) is 20.8 Å². The molecule has 9 rings (SSSR count). The molecule has 4 N–H and O–H groups in total. The van der Waals surface area contributed by atoms with Crippen LogP contribution in [0.3, 0.4) is 0 Å². The van der Waals surface area contributed by atoms with Gasteiger partial charge < -0.3 is 39.9 Å². The van der Waals surface area contributed by atoms with E-state index in [0.29, 0.717) is 58.1 Å². The van der Waals surface area contributed by atoms with Gasteiger partial charge in [0.25, 0.3) is 5.92 Å². The predicted octanol–water partition coefficient (Wildman–Crippen LogP) is 8.22. The van der Waals surface area contributed by atoms with Crippen LogP contribution in [0.15, 0.2) is 60.8 Å². The Hall–Kier alpha value is -6.32. The van der Waals surface area contributed by atoms with E-state index in [1.54, 1.807) is 35.4 Å². The molecule has 0 radical (unpaired) electrons. The summed E-state index contributed by atoms with van der Waals surface area (Å²) in [5, 5.41) is 5.38. The van der Waals surface area contributed by atoms with Gasteiger partial charge in [-0.25, -0.2) is 19.6 Å². The number of methoxy groups -OCH3 is 2. The molecular weight excluding hydrogens is 811 g/mol. The Labute approximate surface area is 363 Å². The number of aromatic amines is 2. The van der Waals surface area contributed by atoms with E-state index >= 15 is 8.78 Å². The summed E-state index contributed by atoms with van der Waals surface area (Å²) in [7, 11) is 2.53. The number of halogens is 2. The molecule has 2 saturated heterocycles. The molecule has 16 heteroatoms. The highest BCUT2D eigenvalue weighted by Gasteiger charge is 2.52. The Morgan fingerprint density at radius 2 is 1.40 bits per heavy atom. The number of piperidine rings is 1. The number of nitrogens with zero attached hydrogens (tertiary/aromatic N) is 4. The first-order chi connectivity index (χ1) is 30.2. The van der Waals surface area contributed by atoms with E-state index in [1.165, 1.54) is 20.3 Å². The third-order valence-electron chi connectivity index (χ3n) is 13.5. The van der Waals surface area contributed by atoms with Crippen molar-refractivity contribution < 1.29 is 37.4 Å². The smallest absolute Gasteiger partial charge is 0.407 e. The molecule has 2 aliphatic heterocycles. The number of rotatable bonds is 10. The maximum Gasteiger partial charge on any atom is 0.407 e. The quantitative estimate of drug-likeness (QED) is 0.109. The number of alkyl carbamates (subject to hydrolysis) is 2. The van der Waals surface area contributed by atoms with Crippen LogP contribution in [-0.4, -0.2) is 92.6 Å². The van der Waals surface area contributed by atoms with Crippen LogP contribution in [0.5, 0.6) is 0 Å². The molecule has 4 amide bonds. The van der Waals surface area contributed by atoms with E-state index in [0.717, 1.165) is 36.8 Å². The molecule has 3 fully saturated rings. The van der Waals surface area contributed by atoms with Gasteiger partial charge in [-0.15, -0.1) is 0 Å². The largest absolute Gasteiger partial charge is 0.453 e. The lowest BCUT2D eigenvalue weighted by Gasteiger charge is -2.37. The SMILES string of the molecule is COC(=O)N[C@H](C(=O)N1CCCC1c1ncc(-c2ccc3c(c2)C(F)(F)c2cc(-c4ccc5nc([C@@H]6[C@H]7CCC(C7)N6C(=O)[C@@H](NC(=O)OC)C(C)C)[nH]c5c4)ccc2-3)[nH]1)C(C)C. The van der Waals surface area contributed by atoms with Crippen LogP contribution >= 0.6 is 0 Å². The number of H-pyrrole nitrogens is 2. The Morgan fingerprint density at radius 1 is 0.778 bits per heavy atom. The fraction of sp³-hybridized carbons (Fsp3) is 0.447. The Balaban J connectivity index is 0.952. The molecule has 63 heavy (non-hydrogen) atoms. The Bertz CT molecular complexity index is 2620. The third kappa shape index (κ3) is 7.26. The van der Waals surface area contributed by atoms with Gasteiger partial charge in [-0.05, 0) is 96.4 Å². The second-order valence-corrected chi connectivity index (χ2v) is 18.0. The van der Waals surface area contributed by atoms with Gasteiger partial charge >= 0.3 is 12.2 Å². The lowest BCUT2D eigenvalue weighted by molar-refractivity contribution is -0.139. The van der Waals surface area contributed by atoms with Crippen molar-refractivity contribution in [3.05, 3.63) is 83.6 Å². The molecule has 1 saturated carbocycles. The topological polar surface area (TPSA) is 175 Å². The number of fused-ring (bicyclic) bond motifs is 6. The lowest BCUT2D eigenvalue weighted by atomic mass is 9.95. The van der Waals surface area contributed by atoms with Gasteiger partial charge in [0, 0.05) is 29.3 Å². The standard InChI is InChI=1S/C47H52F2N8O6/c1-23(2)38(54-45(60)62-5)43(58)56-17-7-8-37(56)41-50-22-36(53-41)27-11-15-31-30-14-10-25(19-32(30)47(48,49)33(31)20-27)26-12-16-34-35(21-26)52-42(51-34)40-28-9-13-29(18-28)57(40)44(59)39(24(3)4)55-46(61)63-6/h10-12,14-16,19-24,28-29,37-40H,7-9,13,17-18H2,1-6H3,(H,50,53)(H,51,52)(H,54,60)(H,55,61)/t28-,29?,37?,38-,39-,40-/m0/s1. The summed E-state index contributed by atoms with van der Waals surface area (Å²) < 4.78 is 42.7. The number of carbonyl (C=O) groups is 4. The van der Waals surface area contributed by atoms with E-state index in [4.69, 9.17) is 14.5 Å². The molecule has 330 valence electrons. The summed E-state index contributed by atoms with van der Waals surface area (Å²) in [4.78, 5) is 71.8. The number of alkyl halides is 2. The average molecular weight is 863 g/mol. The molecular formula is C47H52F2N8O6. The van der Waals surface area contributed by atoms with Crippen LogP contribution in [0.4, 0.5) is 18.4 Å². The minimum atomic E-state index is -3.29. The van der Waals surface area contributed by atoms with Crippen LogP contribution in [0.25, 0.3) is 44.5 Å². The van der Waals surface area contributed by atoms with Gasteiger partial charge in [-0.3, -0.25) is 9.59 Å². The molecule has 4 aliphatic rings. The summed E-state index contributed by atoms with van der Waals surface area (Å²) in [6.45, 7) is 7.98. The van der Waals surface area contributed by atoms with E-state index in [9.17, 15) is 19.2 Å². The van der Waals surface area contributed by atoms with Crippen LogP contribution in [0, 0.1) is 17.8 Å². The average Bonchev–Trinajstić information content (AvgIpc) is 4.15. The normalized spacial score (nSPS) is 21.7. The first-order valence-electron chi connectivity index (χ1n) is 21.7. The highest BCUT2D eigenvalue weighted by atomic mass is 19.3. The maximum atomic E-state index is 16.6. The summed E-state index contributed by atoms with van der Waals surface area (Å²) >= 11 is 0. The zero-order valence-electron chi connectivity index (χ0n) is 36.1. The van der Waals surface area contributed by atoms with Gasteiger partial charge in [0.1, 0.15) is 23.7 Å². The van der Waals surface area contributed by atoms with Crippen molar-refractivity contribution >= 4 is 35.0 Å². The lowest BCUT2D eigenvalue weighted by Crippen LogP contribution is -2.54. The predicted molar refractivity (Wildman–Crippen MR) is 230 cm³/mol. The minimum Gasteiger partial charge on any atom is -0.453 e. The molecule has 0 spiro atoms. The summed E-state index contributed by atoms with van der Waals surface area (Å²) in [6.07, 6.45) is 4.39. The van der Waals surface area contributed by atoms with E-state index in [1.807, 2.05) is 56.9 Å². The third-order valence-corrected chi connectivity index (χ3v) is 13.5. The number of hydrogen-bond acceptors (Lipinski definition) is 8. The molecule has 6 atom stereocenters. The van der Waals surface area contributed by atoms with Gasteiger partial charge in [0.05, 0.1) is 49.2 Å². The van der Waals surface area contributed by atoms with Crippen LogP contribution < -0.4 is 10.6 Å². The Kier molecular flexibility index (Phi) is 10.7. The molecule has 2 aliphatic carbocycles. The van der Waals surface area contributed by atoms with Crippen molar-refractivity contribution in [2.24, 2.45) is 17.8 Å². The number of aromatic nitrogens is 4. The Morgan fingerprint density at radius 3 is 2.06 bits per heavy atom. The van der Waals surface area contributed by atoms with E-state index < -0.39 is 30.2 Å². The fourth-order valence-electron chi connectivity index (χ4n) is 10.3. The molecule has 2 bridgehead atoms. The number of nitrogens with one attached hydrogen (secondary N) is 4. The number of likely N-dealkylation sites (tertiary alicyclic amines) is 2.